The molecule has 0 fully saturated rings. The summed E-state index contributed by atoms with van der Waals surface area (Å²) >= 11 is 0. The second kappa shape index (κ2) is 7.25. The highest BCUT2D eigenvalue weighted by Gasteiger charge is 2.11. The zero-order chi connectivity index (χ0) is 14.3. The number of hydrogen-bond acceptors (Lipinski definition) is 4. The SMILES string of the molecule is CCCNC(=O)COc1ccc(C(=O)O)cc1OC. The highest BCUT2D eigenvalue weighted by Crippen LogP contribution is 2.27. The first kappa shape index (κ1) is 14.8. The molecule has 0 spiro atoms. The summed E-state index contributed by atoms with van der Waals surface area (Å²) in [4.78, 5) is 22.2. The summed E-state index contributed by atoms with van der Waals surface area (Å²) in [5.74, 6) is -0.668. The van der Waals surface area contributed by atoms with Crippen molar-refractivity contribution in [3.63, 3.8) is 0 Å². The maximum atomic E-state index is 11.4. The van der Waals surface area contributed by atoms with Crippen molar-refractivity contribution >= 4 is 11.9 Å². The Kier molecular flexibility index (Phi) is 5.66. The predicted octanol–water partition coefficient (Wildman–Crippen LogP) is 1.30. The Balaban J connectivity index is 2.68. The molecule has 1 amide bonds. The van der Waals surface area contributed by atoms with Gasteiger partial charge in [0.2, 0.25) is 0 Å². The van der Waals surface area contributed by atoms with Crippen LogP contribution in [0.1, 0.15) is 23.7 Å². The zero-order valence-electron chi connectivity index (χ0n) is 10.9. The van der Waals surface area contributed by atoms with Crippen molar-refractivity contribution in [2.75, 3.05) is 20.3 Å². The molecule has 0 bridgehead atoms. The van der Waals surface area contributed by atoms with Gasteiger partial charge in [0.05, 0.1) is 12.7 Å². The highest BCUT2D eigenvalue weighted by atomic mass is 16.5. The van der Waals surface area contributed by atoms with Crippen LogP contribution in [0, 0.1) is 0 Å². The number of ether oxygens (including phenoxy) is 2. The minimum Gasteiger partial charge on any atom is -0.493 e. The number of hydrogen-bond donors (Lipinski definition) is 2. The van der Waals surface area contributed by atoms with Gasteiger partial charge in [-0.3, -0.25) is 4.79 Å². The van der Waals surface area contributed by atoms with E-state index in [1.165, 1.54) is 25.3 Å². The van der Waals surface area contributed by atoms with Crippen molar-refractivity contribution in [1.82, 2.24) is 5.32 Å². The summed E-state index contributed by atoms with van der Waals surface area (Å²) in [5.41, 5.74) is 0.0969. The van der Waals surface area contributed by atoms with E-state index in [0.29, 0.717) is 12.3 Å². The van der Waals surface area contributed by atoms with Crippen LogP contribution in [-0.4, -0.2) is 37.2 Å². The maximum Gasteiger partial charge on any atom is 0.335 e. The summed E-state index contributed by atoms with van der Waals surface area (Å²) < 4.78 is 10.3. The number of benzene rings is 1. The lowest BCUT2D eigenvalue weighted by molar-refractivity contribution is -0.123. The molecule has 0 saturated carbocycles. The van der Waals surface area contributed by atoms with Crippen molar-refractivity contribution in [2.24, 2.45) is 0 Å². The smallest absolute Gasteiger partial charge is 0.335 e. The third-order valence-corrected chi connectivity index (χ3v) is 2.34. The largest absolute Gasteiger partial charge is 0.493 e. The fraction of sp³-hybridized carbons (Fsp3) is 0.385. The van der Waals surface area contributed by atoms with Crippen LogP contribution in [0.5, 0.6) is 11.5 Å². The molecule has 19 heavy (non-hydrogen) atoms. The first-order chi connectivity index (χ1) is 9.08. The first-order valence-electron chi connectivity index (χ1n) is 5.89. The second-order valence-corrected chi connectivity index (χ2v) is 3.81. The van der Waals surface area contributed by atoms with E-state index in [1.807, 2.05) is 6.92 Å². The van der Waals surface area contributed by atoms with Gasteiger partial charge in [-0.15, -0.1) is 0 Å². The first-order valence-corrected chi connectivity index (χ1v) is 5.89. The fourth-order valence-corrected chi connectivity index (χ4v) is 1.38. The van der Waals surface area contributed by atoms with E-state index >= 15 is 0 Å². The van der Waals surface area contributed by atoms with Crippen molar-refractivity contribution in [3.05, 3.63) is 23.8 Å². The van der Waals surface area contributed by atoms with Crippen LogP contribution in [0.15, 0.2) is 18.2 Å². The lowest BCUT2D eigenvalue weighted by Crippen LogP contribution is -2.29. The van der Waals surface area contributed by atoms with Gasteiger partial charge in [0.1, 0.15) is 0 Å². The molecule has 0 atom stereocenters. The fourth-order valence-electron chi connectivity index (χ4n) is 1.38. The number of carbonyl (C=O) groups excluding carboxylic acids is 1. The molecule has 0 heterocycles. The molecule has 0 saturated heterocycles. The van der Waals surface area contributed by atoms with Crippen molar-refractivity contribution in [3.8, 4) is 11.5 Å². The molecular formula is C13H17NO5. The van der Waals surface area contributed by atoms with Gasteiger partial charge in [-0.2, -0.15) is 0 Å². The van der Waals surface area contributed by atoms with Crippen molar-refractivity contribution in [2.45, 2.75) is 13.3 Å². The average Bonchev–Trinajstić information content (AvgIpc) is 2.42. The number of carboxylic acids is 1. The average molecular weight is 267 g/mol. The molecule has 2 N–H and O–H groups in total. The molecular weight excluding hydrogens is 250 g/mol. The molecule has 0 radical (unpaired) electrons. The van der Waals surface area contributed by atoms with Crippen LogP contribution in [0.25, 0.3) is 0 Å². The van der Waals surface area contributed by atoms with E-state index in [9.17, 15) is 9.59 Å². The molecule has 0 unspecified atom stereocenters. The standard InChI is InChI=1S/C13H17NO5/c1-3-6-14-12(15)8-19-10-5-4-9(13(16)17)7-11(10)18-2/h4-5,7H,3,6,8H2,1-2H3,(H,14,15)(H,16,17). The van der Waals surface area contributed by atoms with Gasteiger partial charge in [-0.05, 0) is 24.6 Å². The molecule has 6 heteroatoms. The molecule has 1 aromatic rings. The van der Waals surface area contributed by atoms with E-state index in [2.05, 4.69) is 5.32 Å². The Labute approximate surface area is 111 Å². The summed E-state index contributed by atoms with van der Waals surface area (Å²) in [5, 5.41) is 11.5. The van der Waals surface area contributed by atoms with Gasteiger partial charge in [-0.1, -0.05) is 6.92 Å². The van der Waals surface area contributed by atoms with E-state index in [1.54, 1.807) is 0 Å². The number of methoxy groups -OCH3 is 1. The monoisotopic (exact) mass is 267 g/mol. The van der Waals surface area contributed by atoms with Crippen molar-refractivity contribution < 1.29 is 24.2 Å². The second-order valence-electron chi connectivity index (χ2n) is 3.81. The molecule has 0 aliphatic rings. The third-order valence-electron chi connectivity index (χ3n) is 2.34. The summed E-state index contributed by atoms with van der Waals surface area (Å²) in [6.45, 7) is 2.41. The van der Waals surface area contributed by atoms with Crippen LogP contribution in [0.4, 0.5) is 0 Å². The summed E-state index contributed by atoms with van der Waals surface area (Å²) in [7, 11) is 1.41. The summed E-state index contributed by atoms with van der Waals surface area (Å²) in [6.07, 6.45) is 0.850. The lowest BCUT2D eigenvalue weighted by Gasteiger charge is -2.11. The Morgan fingerprint density at radius 1 is 1.32 bits per heavy atom. The number of carbonyl (C=O) groups is 2. The predicted molar refractivity (Wildman–Crippen MR) is 68.7 cm³/mol. The third kappa shape index (κ3) is 4.50. The van der Waals surface area contributed by atoms with Crippen molar-refractivity contribution in [1.29, 1.82) is 0 Å². The Morgan fingerprint density at radius 3 is 2.63 bits per heavy atom. The van der Waals surface area contributed by atoms with Gasteiger partial charge in [0, 0.05) is 6.54 Å². The van der Waals surface area contributed by atoms with E-state index in [0.717, 1.165) is 6.42 Å². The van der Waals surface area contributed by atoms with Crippen LogP contribution in [-0.2, 0) is 4.79 Å². The molecule has 1 aromatic carbocycles. The number of amides is 1. The molecule has 0 aliphatic heterocycles. The number of carboxylic acid groups (broad SMARTS) is 1. The van der Waals surface area contributed by atoms with Gasteiger partial charge in [0.25, 0.3) is 5.91 Å². The van der Waals surface area contributed by atoms with Crippen LogP contribution in [0.3, 0.4) is 0 Å². The van der Waals surface area contributed by atoms with Crippen LogP contribution in [0.2, 0.25) is 0 Å². The quantitative estimate of drug-likeness (QED) is 0.777. The Morgan fingerprint density at radius 2 is 2.05 bits per heavy atom. The Bertz CT molecular complexity index is 458. The minimum atomic E-state index is -1.05. The highest BCUT2D eigenvalue weighted by molar-refractivity contribution is 5.88. The molecule has 1 rings (SSSR count). The lowest BCUT2D eigenvalue weighted by atomic mass is 10.2. The number of rotatable bonds is 7. The number of aromatic carboxylic acids is 1. The van der Waals surface area contributed by atoms with Crippen LogP contribution < -0.4 is 14.8 Å². The minimum absolute atomic E-state index is 0.0969. The van der Waals surface area contributed by atoms with Crippen LogP contribution >= 0.6 is 0 Å². The van der Waals surface area contributed by atoms with Gasteiger partial charge in [-0.25, -0.2) is 4.79 Å². The van der Waals surface area contributed by atoms with Gasteiger partial charge >= 0.3 is 5.97 Å². The van der Waals surface area contributed by atoms with E-state index in [4.69, 9.17) is 14.6 Å². The zero-order valence-corrected chi connectivity index (χ0v) is 10.9. The van der Waals surface area contributed by atoms with E-state index < -0.39 is 5.97 Å². The Hall–Kier alpha value is -2.24. The topological polar surface area (TPSA) is 84.9 Å². The molecule has 0 aliphatic carbocycles. The van der Waals surface area contributed by atoms with E-state index in [-0.39, 0.29) is 23.8 Å². The molecule has 0 aromatic heterocycles. The normalized spacial score (nSPS) is 9.79. The molecule has 6 nitrogen and oxygen atoms in total. The summed E-state index contributed by atoms with van der Waals surface area (Å²) in [6, 6.07) is 4.21. The number of nitrogens with one attached hydrogen (secondary N) is 1. The molecule has 104 valence electrons. The maximum absolute atomic E-state index is 11.4. The van der Waals surface area contributed by atoms with Gasteiger partial charge in [0.15, 0.2) is 18.1 Å². The van der Waals surface area contributed by atoms with Gasteiger partial charge < -0.3 is 19.9 Å².